The Kier molecular flexibility index (Phi) is 3.93. The molecule has 2 aromatic heterocycles. The number of halogens is 1. The van der Waals surface area contributed by atoms with E-state index in [1.807, 2.05) is 11.4 Å². The van der Waals surface area contributed by atoms with E-state index in [4.69, 9.17) is 0 Å². The highest BCUT2D eigenvalue weighted by Crippen LogP contribution is 2.22. The highest BCUT2D eigenvalue weighted by Gasteiger charge is 2.11. The molecule has 0 aliphatic heterocycles. The summed E-state index contributed by atoms with van der Waals surface area (Å²) in [7, 11) is 0. The van der Waals surface area contributed by atoms with Crippen LogP contribution in [-0.4, -0.2) is 9.91 Å². The van der Waals surface area contributed by atoms with Crippen molar-refractivity contribution in [1.82, 2.24) is 4.98 Å². The van der Waals surface area contributed by atoms with E-state index in [1.165, 1.54) is 10.9 Å². The summed E-state index contributed by atoms with van der Waals surface area (Å²) in [6, 6.07) is 5.11. The van der Waals surface area contributed by atoms with Crippen LogP contribution in [0.3, 0.4) is 0 Å². The summed E-state index contributed by atoms with van der Waals surface area (Å²) in [4.78, 5) is 15.6. The predicted octanol–water partition coefficient (Wildman–Crippen LogP) is 3.73. The van der Waals surface area contributed by atoms with E-state index in [2.05, 4.69) is 26.2 Å². The van der Waals surface area contributed by atoms with Gasteiger partial charge < -0.3 is 5.32 Å². The van der Waals surface area contributed by atoms with Crippen molar-refractivity contribution < 1.29 is 4.92 Å². The second-order valence-electron chi connectivity index (χ2n) is 3.64. The van der Waals surface area contributed by atoms with Crippen molar-refractivity contribution in [3.63, 3.8) is 0 Å². The summed E-state index contributed by atoms with van der Waals surface area (Å²) < 4.78 is 1.05. The van der Waals surface area contributed by atoms with Crippen LogP contribution < -0.4 is 5.32 Å². The lowest BCUT2D eigenvalue weighted by molar-refractivity contribution is -0.385. The van der Waals surface area contributed by atoms with Gasteiger partial charge >= 0.3 is 0 Å². The van der Waals surface area contributed by atoms with Crippen LogP contribution in [0.25, 0.3) is 0 Å². The van der Waals surface area contributed by atoms with Gasteiger partial charge in [0.2, 0.25) is 0 Å². The summed E-state index contributed by atoms with van der Waals surface area (Å²) in [5, 5.41) is 15.8. The molecule has 0 saturated heterocycles. The smallest absolute Gasteiger partial charge is 0.290 e. The van der Waals surface area contributed by atoms with Gasteiger partial charge in [-0.05, 0) is 35.0 Å². The number of pyridine rings is 1. The Labute approximate surface area is 116 Å². The normalized spacial score (nSPS) is 10.3. The SMILES string of the molecule is Cc1nc(NCc2cc(Br)cs2)ccc1[N+](=O)[O-]. The molecular weight excluding hydrogens is 318 g/mol. The van der Waals surface area contributed by atoms with Gasteiger partial charge in [-0.15, -0.1) is 11.3 Å². The van der Waals surface area contributed by atoms with Crippen molar-refractivity contribution in [2.24, 2.45) is 0 Å². The van der Waals surface area contributed by atoms with Gasteiger partial charge in [0.05, 0.1) is 11.5 Å². The van der Waals surface area contributed by atoms with Crippen molar-refractivity contribution in [2.75, 3.05) is 5.32 Å². The maximum atomic E-state index is 10.7. The van der Waals surface area contributed by atoms with Gasteiger partial charge in [0.1, 0.15) is 11.5 Å². The first-order valence-electron chi connectivity index (χ1n) is 5.15. The summed E-state index contributed by atoms with van der Waals surface area (Å²) in [6.45, 7) is 2.28. The third kappa shape index (κ3) is 3.05. The fourth-order valence-corrected chi connectivity index (χ4v) is 2.86. The van der Waals surface area contributed by atoms with Crippen LogP contribution in [0, 0.1) is 17.0 Å². The van der Waals surface area contributed by atoms with E-state index in [0.717, 1.165) is 4.47 Å². The van der Waals surface area contributed by atoms with Crippen molar-refractivity contribution in [3.8, 4) is 0 Å². The second-order valence-corrected chi connectivity index (χ2v) is 5.55. The van der Waals surface area contributed by atoms with Gasteiger partial charge in [0.15, 0.2) is 0 Å². The molecule has 2 aromatic rings. The molecule has 0 atom stereocenters. The molecule has 0 saturated carbocycles. The van der Waals surface area contributed by atoms with E-state index in [9.17, 15) is 10.1 Å². The minimum atomic E-state index is -0.428. The molecule has 1 N–H and O–H groups in total. The predicted molar refractivity (Wildman–Crippen MR) is 75.0 cm³/mol. The zero-order valence-electron chi connectivity index (χ0n) is 9.51. The molecule has 0 spiro atoms. The minimum Gasteiger partial charge on any atom is -0.365 e. The Morgan fingerprint density at radius 3 is 2.89 bits per heavy atom. The molecule has 18 heavy (non-hydrogen) atoms. The number of nitrogens with one attached hydrogen (secondary N) is 1. The van der Waals surface area contributed by atoms with Crippen LogP contribution in [0.5, 0.6) is 0 Å². The standard InChI is InChI=1S/C11H10BrN3O2S/c1-7-10(15(16)17)2-3-11(14-7)13-5-9-4-8(12)6-18-9/h2-4,6H,5H2,1H3,(H,13,14). The molecule has 2 heterocycles. The number of hydrogen-bond donors (Lipinski definition) is 1. The molecule has 0 radical (unpaired) electrons. The average molecular weight is 328 g/mol. The van der Waals surface area contributed by atoms with Crippen molar-refractivity contribution >= 4 is 38.8 Å². The molecule has 2 rings (SSSR count). The Morgan fingerprint density at radius 1 is 1.56 bits per heavy atom. The number of rotatable bonds is 4. The van der Waals surface area contributed by atoms with Gasteiger partial charge in [-0.3, -0.25) is 10.1 Å². The molecule has 5 nitrogen and oxygen atoms in total. The maximum Gasteiger partial charge on any atom is 0.290 e. The molecule has 0 aromatic carbocycles. The lowest BCUT2D eigenvalue weighted by Crippen LogP contribution is -2.02. The molecule has 0 aliphatic carbocycles. The van der Waals surface area contributed by atoms with Crippen molar-refractivity contribution in [2.45, 2.75) is 13.5 Å². The van der Waals surface area contributed by atoms with Crippen LogP contribution in [-0.2, 0) is 6.54 Å². The van der Waals surface area contributed by atoms with Crippen LogP contribution >= 0.6 is 27.3 Å². The van der Waals surface area contributed by atoms with E-state index >= 15 is 0 Å². The Bertz CT molecular complexity index is 585. The number of nitro groups is 1. The number of nitrogens with zero attached hydrogens (tertiary/aromatic N) is 2. The summed E-state index contributed by atoms with van der Waals surface area (Å²) in [5.74, 6) is 0.641. The fourth-order valence-electron chi connectivity index (χ4n) is 1.47. The molecule has 94 valence electrons. The van der Waals surface area contributed by atoms with Crippen LogP contribution in [0.4, 0.5) is 11.5 Å². The molecule has 0 unspecified atom stereocenters. The lowest BCUT2D eigenvalue weighted by Gasteiger charge is -2.04. The van der Waals surface area contributed by atoms with Crippen LogP contribution in [0.2, 0.25) is 0 Å². The number of aromatic nitrogens is 1. The van der Waals surface area contributed by atoms with Crippen molar-refractivity contribution in [1.29, 1.82) is 0 Å². The Morgan fingerprint density at radius 2 is 2.33 bits per heavy atom. The van der Waals surface area contributed by atoms with Crippen LogP contribution in [0.15, 0.2) is 28.1 Å². The monoisotopic (exact) mass is 327 g/mol. The summed E-state index contributed by atoms with van der Waals surface area (Å²) >= 11 is 5.02. The Hall–Kier alpha value is -1.47. The number of anilines is 1. The topological polar surface area (TPSA) is 68.1 Å². The zero-order chi connectivity index (χ0) is 13.1. The zero-order valence-corrected chi connectivity index (χ0v) is 11.9. The molecule has 7 heteroatoms. The molecule has 0 aliphatic rings. The molecule has 0 fully saturated rings. The first kappa shape index (κ1) is 13.0. The number of hydrogen-bond acceptors (Lipinski definition) is 5. The Balaban J connectivity index is 2.06. The largest absolute Gasteiger partial charge is 0.365 e. The van der Waals surface area contributed by atoms with E-state index in [-0.39, 0.29) is 5.69 Å². The molecule has 0 amide bonds. The fraction of sp³-hybridized carbons (Fsp3) is 0.182. The van der Waals surface area contributed by atoms with E-state index in [0.29, 0.717) is 18.1 Å². The highest BCUT2D eigenvalue weighted by atomic mass is 79.9. The molecule has 0 bridgehead atoms. The van der Waals surface area contributed by atoms with Gasteiger partial charge in [-0.2, -0.15) is 0 Å². The lowest BCUT2D eigenvalue weighted by atomic mass is 10.3. The van der Waals surface area contributed by atoms with Gasteiger partial charge in [0.25, 0.3) is 5.69 Å². The first-order chi connectivity index (χ1) is 8.56. The van der Waals surface area contributed by atoms with Crippen molar-refractivity contribution in [3.05, 3.63) is 48.7 Å². The van der Waals surface area contributed by atoms with Crippen LogP contribution in [0.1, 0.15) is 10.6 Å². The number of thiophene rings is 1. The third-order valence-corrected chi connectivity index (χ3v) is 4.02. The third-order valence-electron chi connectivity index (χ3n) is 2.32. The van der Waals surface area contributed by atoms with E-state index < -0.39 is 4.92 Å². The van der Waals surface area contributed by atoms with Gasteiger partial charge in [0, 0.05) is 20.8 Å². The van der Waals surface area contributed by atoms with Gasteiger partial charge in [-0.25, -0.2) is 4.98 Å². The summed E-state index contributed by atoms with van der Waals surface area (Å²) in [6.07, 6.45) is 0. The average Bonchev–Trinajstić information content (AvgIpc) is 2.72. The molecular formula is C11H10BrN3O2S. The van der Waals surface area contributed by atoms with Gasteiger partial charge in [-0.1, -0.05) is 0 Å². The first-order valence-corrected chi connectivity index (χ1v) is 6.82. The second kappa shape index (κ2) is 5.45. The maximum absolute atomic E-state index is 10.7. The number of aryl methyl sites for hydroxylation is 1. The summed E-state index contributed by atoms with van der Waals surface area (Å²) in [5.41, 5.74) is 0.455. The van der Waals surface area contributed by atoms with E-state index in [1.54, 1.807) is 24.3 Å². The highest BCUT2D eigenvalue weighted by molar-refractivity contribution is 9.10. The quantitative estimate of drug-likeness (QED) is 0.686. The minimum absolute atomic E-state index is 0.0411.